The van der Waals surface area contributed by atoms with Gasteiger partial charge in [0.2, 0.25) is 0 Å². The van der Waals surface area contributed by atoms with Gasteiger partial charge in [0.15, 0.2) is 0 Å². The van der Waals surface area contributed by atoms with Crippen LogP contribution in [0.25, 0.3) is 0 Å². The zero-order chi connectivity index (χ0) is 15.5. The number of hydrogen-bond acceptors (Lipinski definition) is 3. The van der Waals surface area contributed by atoms with Gasteiger partial charge in [-0.05, 0) is 55.5 Å². The molecule has 0 spiro atoms. The van der Waals surface area contributed by atoms with Crippen molar-refractivity contribution < 1.29 is 4.74 Å². The summed E-state index contributed by atoms with van der Waals surface area (Å²) >= 11 is 0. The lowest BCUT2D eigenvalue weighted by Crippen LogP contribution is -2.46. The average molecular weight is 290 g/mol. The highest BCUT2D eigenvalue weighted by molar-refractivity contribution is 5.31. The van der Waals surface area contributed by atoms with Crippen LogP contribution in [-0.4, -0.2) is 31.1 Å². The van der Waals surface area contributed by atoms with Gasteiger partial charge in [0.25, 0.3) is 0 Å². The quantitative estimate of drug-likeness (QED) is 0.900. The van der Waals surface area contributed by atoms with Crippen molar-refractivity contribution in [1.82, 2.24) is 4.90 Å². The highest BCUT2D eigenvalue weighted by Crippen LogP contribution is 2.36. The van der Waals surface area contributed by atoms with E-state index in [1.165, 1.54) is 18.4 Å². The van der Waals surface area contributed by atoms with Gasteiger partial charge < -0.3 is 10.5 Å². The molecule has 0 amide bonds. The van der Waals surface area contributed by atoms with Crippen molar-refractivity contribution in [3.05, 3.63) is 29.8 Å². The second kappa shape index (κ2) is 6.80. The van der Waals surface area contributed by atoms with E-state index >= 15 is 0 Å². The zero-order valence-electron chi connectivity index (χ0n) is 13.9. The molecule has 3 nitrogen and oxygen atoms in total. The number of nitrogens with zero attached hydrogens (tertiary/aromatic N) is 1. The summed E-state index contributed by atoms with van der Waals surface area (Å²) in [7, 11) is 1.72. The fourth-order valence-corrected chi connectivity index (χ4v) is 3.19. The summed E-state index contributed by atoms with van der Waals surface area (Å²) in [6.07, 6.45) is 3.47. The maximum Gasteiger partial charge on any atom is 0.119 e. The van der Waals surface area contributed by atoms with E-state index in [-0.39, 0.29) is 6.04 Å². The first kappa shape index (κ1) is 16.3. The predicted molar refractivity (Wildman–Crippen MR) is 88.6 cm³/mol. The standard InChI is InChI=1S/C18H30N2O/c1-5-16(19)17(14-7-6-8-15(13-14)21-4)20-11-9-18(2,3)10-12-20/h6-8,13,16-17H,5,9-12,19H2,1-4H3. The van der Waals surface area contributed by atoms with Crippen LogP contribution in [0.3, 0.4) is 0 Å². The molecule has 0 aliphatic carbocycles. The third kappa shape index (κ3) is 3.98. The summed E-state index contributed by atoms with van der Waals surface area (Å²) in [5, 5.41) is 0. The van der Waals surface area contributed by atoms with E-state index < -0.39 is 0 Å². The minimum Gasteiger partial charge on any atom is -0.497 e. The largest absolute Gasteiger partial charge is 0.497 e. The van der Waals surface area contributed by atoms with Gasteiger partial charge in [-0.1, -0.05) is 32.9 Å². The van der Waals surface area contributed by atoms with Crippen molar-refractivity contribution in [2.75, 3.05) is 20.2 Å². The fraction of sp³-hybridized carbons (Fsp3) is 0.667. The molecular weight excluding hydrogens is 260 g/mol. The van der Waals surface area contributed by atoms with Gasteiger partial charge in [-0.15, -0.1) is 0 Å². The minimum atomic E-state index is 0.165. The van der Waals surface area contributed by atoms with Crippen LogP contribution in [-0.2, 0) is 0 Å². The lowest BCUT2D eigenvalue weighted by atomic mass is 9.81. The molecular formula is C18H30N2O. The number of likely N-dealkylation sites (tertiary alicyclic amines) is 1. The number of methoxy groups -OCH3 is 1. The summed E-state index contributed by atoms with van der Waals surface area (Å²) in [4.78, 5) is 2.56. The first-order chi connectivity index (χ1) is 9.96. The predicted octanol–water partition coefficient (Wildman–Crippen LogP) is 3.60. The molecule has 1 fully saturated rings. The molecule has 2 unspecified atom stereocenters. The Kier molecular flexibility index (Phi) is 5.28. The molecule has 1 aliphatic rings. The van der Waals surface area contributed by atoms with Crippen molar-refractivity contribution >= 4 is 0 Å². The first-order valence-corrected chi connectivity index (χ1v) is 8.10. The Morgan fingerprint density at radius 2 is 1.95 bits per heavy atom. The van der Waals surface area contributed by atoms with E-state index in [0.717, 1.165) is 25.3 Å². The van der Waals surface area contributed by atoms with Crippen LogP contribution in [0.5, 0.6) is 5.75 Å². The highest BCUT2D eigenvalue weighted by atomic mass is 16.5. The van der Waals surface area contributed by atoms with Crippen LogP contribution < -0.4 is 10.5 Å². The van der Waals surface area contributed by atoms with Crippen LogP contribution in [0.15, 0.2) is 24.3 Å². The van der Waals surface area contributed by atoms with Crippen molar-refractivity contribution in [2.45, 2.75) is 52.1 Å². The van der Waals surface area contributed by atoms with Crippen LogP contribution in [0.4, 0.5) is 0 Å². The molecule has 21 heavy (non-hydrogen) atoms. The van der Waals surface area contributed by atoms with Gasteiger partial charge in [0.05, 0.1) is 7.11 Å². The molecule has 0 aromatic heterocycles. The van der Waals surface area contributed by atoms with E-state index in [2.05, 4.69) is 43.9 Å². The number of ether oxygens (including phenoxy) is 1. The maximum absolute atomic E-state index is 6.46. The number of piperidine rings is 1. The minimum absolute atomic E-state index is 0.165. The van der Waals surface area contributed by atoms with E-state index in [1.54, 1.807) is 7.11 Å². The molecule has 1 aliphatic heterocycles. The third-order valence-corrected chi connectivity index (χ3v) is 4.86. The van der Waals surface area contributed by atoms with Gasteiger partial charge in [0, 0.05) is 12.1 Å². The zero-order valence-corrected chi connectivity index (χ0v) is 13.9. The number of nitrogens with two attached hydrogens (primary N) is 1. The normalized spacial score (nSPS) is 21.8. The van der Waals surface area contributed by atoms with Gasteiger partial charge in [-0.2, -0.15) is 0 Å². The molecule has 2 N–H and O–H groups in total. The smallest absolute Gasteiger partial charge is 0.119 e. The van der Waals surface area contributed by atoms with Crippen molar-refractivity contribution in [1.29, 1.82) is 0 Å². The lowest BCUT2D eigenvalue weighted by Gasteiger charge is -2.43. The molecule has 0 saturated carbocycles. The molecule has 0 bridgehead atoms. The monoisotopic (exact) mass is 290 g/mol. The summed E-state index contributed by atoms with van der Waals surface area (Å²) in [5.41, 5.74) is 8.20. The summed E-state index contributed by atoms with van der Waals surface area (Å²) in [5.74, 6) is 0.915. The number of benzene rings is 1. The van der Waals surface area contributed by atoms with Crippen LogP contribution in [0.2, 0.25) is 0 Å². The summed E-state index contributed by atoms with van der Waals surface area (Å²) in [6.45, 7) is 9.16. The van der Waals surface area contributed by atoms with Gasteiger partial charge in [-0.3, -0.25) is 4.90 Å². The molecule has 2 atom stereocenters. The molecule has 118 valence electrons. The van der Waals surface area contributed by atoms with Crippen molar-refractivity contribution in [2.24, 2.45) is 11.1 Å². The molecule has 1 aromatic rings. The lowest BCUT2D eigenvalue weighted by molar-refractivity contribution is 0.0808. The van der Waals surface area contributed by atoms with Gasteiger partial charge in [0.1, 0.15) is 5.75 Å². The van der Waals surface area contributed by atoms with Crippen LogP contribution in [0.1, 0.15) is 51.6 Å². The SMILES string of the molecule is CCC(N)C(c1cccc(OC)c1)N1CCC(C)(C)CC1. The van der Waals surface area contributed by atoms with E-state index in [1.807, 2.05) is 6.07 Å². The molecule has 1 saturated heterocycles. The second-order valence-corrected chi connectivity index (χ2v) is 6.99. The average Bonchev–Trinajstić information content (AvgIpc) is 2.49. The Balaban J connectivity index is 2.22. The maximum atomic E-state index is 6.46. The first-order valence-electron chi connectivity index (χ1n) is 8.10. The number of hydrogen-bond donors (Lipinski definition) is 1. The Morgan fingerprint density at radius 3 is 2.52 bits per heavy atom. The van der Waals surface area contributed by atoms with E-state index in [0.29, 0.717) is 11.5 Å². The second-order valence-electron chi connectivity index (χ2n) is 6.99. The fourth-order valence-electron chi connectivity index (χ4n) is 3.19. The van der Waals surface area contributed by atoms with Gasteiger partial charge in [-0.25, -0.2) is 0 Å². The topological polar surface area (TPSA) is 38.5 Å². The summed E-state index contributed by atoms with van der Waals surface area (Å²) in [6, 6.07) is 8.84. The Hall–Kier alpha value is -1.06. The Morgan fingerprint density at radius 1 is 1.29 bits per heavy atom. The highest BCUT2D eigenvalue weighted by Gasteiger charge is 2.32. The Labute approximate surface area is 129 Å². The third-order valence-electron chi connectivity index (χ3n) is 4.86. The summed E-state index contributed by atoms with van der Waals surface area (Å²) < 4.78 is 5.38. The molecule has 1 heterocycles. The van der Waals surface area contributed by atoms with Crippen molar-refractivity contribution in [3.8, 4) is 5.75 Å². The molecule has 3 heteroatoms. The molecule has 1 aromatic carbocycles. The van der Waals surface area contributed by atoms with Crippen LogP contribution >= 0.6 is 0 Å². The van der Waals surface area contributed by atoms with E-state index in [4.69, 9.17) is 10.5 Å². The van der Waals surface area contributed by atoms with Crippen molar-refractivity contribution in [3.63, 3.8) is 0 Å². The van der Waals surface area contributed by atoms with E-state index in [9.17, 15) is 0 Å². The Bertz CT molecular complexity index is 448. The number of rotatable bonds is 5. The molecule has 0 radical (unpaired) electrons. The molecule has 2 rings (SSSR count). The van der Waals surface area contributed by atoms with Crippen LogP contribution in [0, 0.1) is 5.41 Å². The van der Waals surface area contributed by atoms with Gasteiger partial charge >= 0.3 is 0 Å².